The number of amides is 3. The first-order valence-electron chi connectivity index (χ1n) is 18.9. The van der Waals surface area contributed by atoms with Crippen LogP contribution in [0.3, 0.4) is 0 Å². The van der Waals surface area contributed by atoms with E-state index >= 15 is 0 Å². The third kappa shape index (κ3) is 10.6. The normalized spacial score (nSPS) is 20.3. The number of aliphatic hydroxyl groups excluding tert-OH is 2. The monoisotopic (exact) mass is 740 g/mol. The first kappa shape index (κ1) is 39.8. The largest absolute Gasteiger partial charge is 0.390 e. The summed E-state index contributed by atoms with van der Waals surface area (Å²) in [6.07, 6.45) is 6.79. The molecule has 3 amide bonds. The fraction of sp³-hybridized carbons (Fsp3) is 0.641. The zero-order valence-electron chi connectivity index (χ0n) is 30.5. The number of pyridine rings is 1. The lowest BCUT2D eigenvalue weighted by Gasteiger charge is -2.34. The predicted octanol–water partition coefficient (Wildman–Crippen LogP) is 2.92. The van der Waals surface area contributed by atoms with Gasteiger partial charge in [0.05, 0.1) is 31.1 Å². The first-order chi connectivity index (χ1) is 24.9. The number of nitrogens with zero attached hydrogens (tertiary/aromatic N) is 2. The number of carbonyl (C=O) groups excluding carboxylic acids is 3. The molecule has 286 valence electrons. The fourth-order valence-corrected chi connectivity index (χ4v) is 9.12. The molecule has 52 heavy (non-hydrogen) atoms. The summed E-state index contributed by atoms with van der Waals surface area (Å²) in [5.74, 6) is -2.52. The standard InChI is InChI=1S/C39H56N4O8S/c1-39(2,38(48)43-19-21-51-22-20-43)52(49,50)26-30(28-13-7-4-8-14-28)24-34(44)41-33(25-31-15-9-10-18-40-31)37(47)42-32(23-27-11-5-3-6-12-27)36(46)35(45)29-16-17-29/h4,7-10,13-15,18,27,29-30,32-33,35-36,45-46H,3,5-6,11-12,16-17,19-26H2,1-2H3,(H,41,44)(H,42,47)/t30?,32-,33?,35-,36+/m0/s1. The second-order valence-electron chi connectivity index (χ2n) is 15.3. The molecule has 1 saturated heterocycles. The number of ether oxygens (including phenoxy) is 1. The Morgan fingerprint density at radius 2 is 1.62 bits per heavy atom. The molecule has 3 aliphatic rings. The van der Waals surface area contributed by atoms with Gasteiger partial charge < -0.3 is 30.5 Å². The number of hydrogen-bond acceptors (Lipinski definition) is 9. The van der Waals surface area contributed by atoms with Gasteiger partial charge in [-0.05, 0) is 62.6 Å². The maximum atomic E-state index is 14.1. The van der Waals surface area contributed by atoms with Crippen LogP contribution in [0.2, 0.25) is 0 Å². The van der Waals surface area contributed by atoms with E-state index < -0.39 is 68.3 Å². The molecule has 0 radical (unpaired) electrons. The minimum atomic E-state index is -4.10. The summed E-state index contributed by atoms with van der Waals surface area (Å²) >= 11 is 0. The van der Waals surface area contributed by atoms with Crippen LogP contribution in [0.5, 0.6) is 0 Å². The SMILES string of the molecule is CC(C)(C(=O)N1CCOCC1)S(=O)(=O)CC(CC(=O)NC(Cc1ccccn1)C(=O)N[C@@H](CC1CCCCC1)[C@@H](O)[C@@H](O)C1CC1)c1ccccc1. The second kappa shape index (κ2) is 18.1. The van der Waals surface area contributed by atoms with Crippen molar-refractivity contribution < 1.29 is 37.8 Å². The van der Waals surface area contributed by atoms with E-state index in [2.05, 4.69) is 15.6 Å². The fourth-order valence-electron chi connectivity index (χ4n) is 7.47. The molecule has 3 fully saturated rings. The summed E-state index contributed by atoms with van der Waals surface area (Å²) in [6.45, 7) is 4.11. The Labute approximate surface area is 308 Å². The second-order valence-corrected chi connectivity index (χ2v) is 17.9. The minimum Gasteiger partial charge on any atom is -0.390 e. The Bertz CT molecular complexity index is 1580. The van der Waals surface area contributed by atoms with E-state index in [9.17, 15) is 33.0 Å². The third-order valence-corrected chi connectivity index (χ3v) is 13.6. The Morgan fingerprint density at radius 3 is 2.25 bits per heavy atom. The molecule has 0 bridgehead atoms. The van der Waals surface area contributed by atoms with Gasteiger partial charge in [0.1, 0.15) is 16.9 Å². The molecule has 2 aromatic rings. The van der Waals surface area contributed by atoms with Crippen molar-refractivity contribution in [3.8, 4) is 0 Å². The summed E-state index contributed by atoms with van der Waals surface area (Å²) in [4.78, 5) is 47.4. The van der Waals surface area contributed by atoms with E-state index in [0.29, 0.717) is 49.9 Å². The van der Waals surface area contributed by atoms with Crippen LogP contribution in [0.25, 0.3) is 0 Å². The van der Waals surface area contributed by atoms with Crippen LogP contribution in [0, 0.1) is 11.8 Å². The lowest BCUT2D eigenvalue weighted by Crippen LogP contribution is -2.56. The average Bonchev–Trinajstić information content (AvgIpc) is 4.00. The third-order valence-electron chi connectivity index (χ3n) is 11.0. The number of aliphatic hydroxyl groups is 2. The number of hydrogen-bond donors (Lipinski definition) is 4. The minimum absolute atomic E-state index is 0.00474. The predicted molar refractivity (Wildman–Crippen MR) is 197 cm³/mol. The zero-order chi connectivity index (χ0) is 37.3. The average molecular weight is 741 g/mol. The summed E-state index contributed by atoms with van der Waals surface area (Å²) < 4.78 is 31.6. The van der Waals surface area contributed by atoms with Crippen molar-refractivity contribution in [3.05, 3.63) is 66.0 Å². The van der Waals surface area contributed by atoms with Crippen LogP contribution < -0.4 is 10.6 Å². The number of sulfone groups is 1. The number of nitrogens with one attached hydrogen (secondary N) is 2. The molecule has 2 unspecified atom stereocenters. The molecule has 12 nitrogen and oxygen atoms in total. The molecule has 2 aliphatic carbocycles. The highest BCUT2D eigenvalue weighted by Gasteiger charge is 2.46. The van der Waals surface area contributed by atoms with Gasteiger partial charge in [0.2, 0.25) is 17.7 Å². The molecular weight excluding hydrogens is 685 g/mol. The molecule has 2 heterocycles. The van der Waals surface area contributed by atoms with Gasteiger partial charge in [-0.1, -0.05) is 68.5 Å². The highest BCUT2D eigenvalue weighted by Crippen LogP contribution is 2.36. The molecule has 5 atom stereocenters. The lowest BCUT2D eigenvalue weighted by molar-refractivity contribution is -0.137. The van der Waals surface area contributed by atoms with Gasteiger partial charge >= 0.3 is 0 Å². The number of aromatic nitrogens is 1. The van der Waals surface area contributed by atoms with Crippen molar-refractivity contribution in [1.29, 1.82) is 0 Å². The van der Waals surface area contributed by atoms with Gasteiger partial charge in [-0.15, -0.1) is 0 Å². The molecule has 4 N–H and O–H groups in total. The van der Waals surface area contributed by atoms with Crippen LogP contribution in [0.4, 0.5) is 0 Å². The van der Waals surface area contributed by atoms with E-state index in [1.165, 1.54) is 18.7 Å². The van der Waals surface area contributed by atoms with Crippen LogP contribution in [-0.4, -0.2) is 107 Å². The van der Waals surface area contributed by atoms with Gasteiger partial charge in [0.15, 0.2) is 9.84 Å². The van der Waals surface area contributed by atoms with E-state index in [-0.39, 0.29) is 18.8 Å². The van der Waals surface area contributed by atoms with Crippen molar-refractivity contribution in [2.45, 2.75) is 113 Å². The number of carbonyl (C=O) groups is 3. The summed E-state index contributed by atoms with van der Waals surface area (Å²) in [7, 11) is -4.10. The number of benzene rings is 1. The Kier molecular flexibility index (Phi) is 13.9. The molecule has 0 spiro atoms. The first-order valence-corrected chi connectivity index (χ1v) is 20.5. The van der Waals surface area contributed by atoms with Crippen molar-refractivity contribution in [3.63, 3.8) is 0 Å². The van der Waals surface area contributed by atoms with Gasteiger partial charge in [-0.25, -0.2) is 8.42 Å². The number of rotatable bonds is 17. The quantitative estimate of drug-likeness (QED) is 0.190. The smallest absolute Gasteiger partial charge is 0.243 e. The Morgan fingerprint density at radius 1 is 0.942 bits per heavy atom. The molecule has 2 saturated carbocycles. The van der Waals surface area contributed by atoms with Crippen LogP contribution in [-0.2, 0) is 35.4 Å². The molecule has 5 rings (SSSR count). The van der Waals surface area contributed by atoms with Crippen molar-refractivity contribution in [2.75, 3.05) is 32.1 Å². The molecular formula is C39H56N4O8S. The topological polar surface area (TPSA) is 175 Å². The van der Waals surface area contributed by atoms with E-state index in [0.717, 1.165) is 44.9 Å². The highest BCUT2D eigenvalue weighted by atomic mass is 32.2. The van der Waals surface area contributed by atoms with Gasteiger partial charge in [0, 0.05) is 43.7 Å². The van der Waals surface area contributed by atoms with Crippen molar-refractivity contribution in [1.82, 2.24) is 20.5 Å². The summed E-state index contributed by atoms with van der Waals surface area (Å²) in [6, 6.07) is 12.3. The Hall–Kier alpha value is -3.39. The Balaban J connectivity index is 1.34. The molecule has 1 aromatic carbocycles. The van der Waals surface area contributed by atoms with Crippen LogP contribution >= 0.6 is 0 Å². The summed E-state index contributed by atoms with van der Waals surface area (Å²) in [5, 5.41) is 28.1. The molecule has 13 heteroatoms. The zero-order valence-corrected chi connectivity index (χ0v) is 31.3. The van der Waals surface area contributed by atoms with Crippen LogP contribution in [0.1, 0.15) is 88.8 Å². The molecule has 1 aromatic heterocycles. The lowest BCUT2D eigenvalue weighted by atomic mass is 9.82. The van der Waals surface area contributed by atoms with E-state index in [4.69, 9.17) is 4.74 Å². The summed E-state index contributed by atoms with van der Waals surface area (Å²) in [5.41, 5.74) is 1.18. The van der Waals surface area contributed by atoms with Crippen molar-refractivity contribution in [2.24, 2.45) is 11.8 Å². The molecule has 1 aliphatic heterocycles. The van der Waals surface area contributed by atoms with Gasteiger partial charge in [-0.3, -0.25) is 19.4 Å². The van der Waals surface area contributed by atoms with E-state index in [1.54, 1.807) is 54.7 Å². The highest BCUT2D eigenvalue weighted by molar-refractivity contribution is 7.93. The van der Waals surface area contributed by atoms with Crippen LogP contribution in [0.15, 0.2) is 54.7 Å². The van der Waals surface area contributed by atoms with Crippen molar-refractivity contribution >= 4 is 27.6 Å². The van der Waals surface area contributed by atoms with Gasteiger partial charge in [0.25, 0.3) is 0 Å². The van der Waals surface area contributed by atoms with E-state index in [1.807, 2.05) is 0 Å². The van der Waals surface area contributed by atoms with Gasteiger partial charge in [-0.2, -0.15) is 0 Å². The maximum Gasteiger partial charge on any atom is 0.243 e. The maximum absolute atomic E-state index is 14.1. The number of morpholine rings is 1.